The molecule has 2 aliphatic rings. The van der Waals surface area contributed by atoms with Crippen LogP contribution in [-0.4, -0.2) is 66.1 Å². The van der Waals surface area contributed by atoms with Gasteiger partial charge in [-0.3, -0.25) is 4.79 Å². The Hall–Kier alpha value is -4.09. The molecule has 1 aromatic heterocycles. The molecule has 0 bridgehead atoms. The molecule has 1 amide bonds. The molecular weight excluding hydrogens is 673 g/mol. The van der Waals surface area contributed by atoms with Gasteiger partial charge < -0.3 is 33.5 Å². The first-order valence-corrected chi connectivity index (χ1v) is 20.0. The molecule has 10 heteroatoms. The molecule has 6 rings (SSSR count). The standard InChI is InChI=1S/C42H52N4O5S/c1-4-6-21-49-23-24-51-38-14-9-33(10-15-38)34-11-18-40-36(25-34)26-35(19-20-46(40)27-32-8-7-22-50-28-32)42(47)44-37-12-16-39(17-13-37)52(48)29-41-31(3)43-30-45(41)5-2/h9-18,25-26,30,32H,4-8,19-24,27-29H2,1-3H3,(H,44,47)/t32-,52?/m1/s1. The predicted octanol–water partition coefficient (Wildman–Crippen LogP) is 8.04. The third-order valence-corrected chi connectivity index (χ3v) is 11.2. The number of hydrogen-bond acceptors (Lipinski definition) is 7. The molecule has 2 atom stereocenters. The maximum atomic E-state index is 13.8. The molecule has 4 aromatic rings. The zero-order valence-electron chi connectivity index (χ0n) is 30.8. The van der Waals surface area contributed by atoms with Crippen LogP contribution < -0.4 is 15.0 Å². The summed E-state index contributed by atoms with van der Waals surface area (Å²) >= 11 is -1.23. The number of benzene rings is 3. The van der Waals surface area contributed by atoms with Gasteiger partial charge in [0, 0.05) is 49.8 Å². The summed E-state index contributed by atoms with van der Waals surface area (Å²) in [5, 5.41) is 3.11. The Bertz CT molecular complexity index is 1780. The fraction of sp³-hybridized carbons (Fsp3) is 0.429. The number of nitrogens with zero attached hydrogens (tertiary/aromatic N) is 3. The number of nitrogens with one attached hydrogen (secondary N) is 1. The van der Waals surface area contributed by atoms with Crippen molar-refractivity contribution in [3.63, 3.8) is 0 Å². The highest BCUT2D eigenvalue weighted by Crippen LogP contribution is 2.34. The first-order valence-electron chi connectivity index (χ1n) is 18.7. The molecule has 9 nitrogen and oxygen atoms in total. The number of ether oxygens (including phenoxy) is 3. The minimum atomic E-state index is -1.23. The zero-order valence-corrected chi connectivity index (χ0v) is 31.6. The average Bonchev–Trinajstić information content (AvgIpc) is 3.42. The van der Waals surface area contributed by atoms with E-state index in [1.165, 1.54) is 0 Å². The third kappa shape index (κ3) is 9.86. The van der Waals surface area contributed by atoms with Gasteiger partial charge in [0.1, 0.15) is 12.4 Å². The topological polar surface area (TPSA) is 101 Å². The summed E-state index contributed by atoms with van der Waals surface area (Å²) in [6, 6.07) is 22.0. The van der Waals surface area contributed by atoms with E-state index in [1.54, 1.807) is 6.33 Å². The molecule has 3 aromatic carbocycles. The Kier molecular flexibility index (Phi) is 13.5. The van der Waals surface area contributed by atoms with Crippen LogP contribution in [0.5, 0.6) is 5.75 Å². The van der Waals surface area contributed by atoms with Crippen LogP contribution in [0.1, 0.15) is 62.9 Å². The maximum absolute atomic E-state index is 13.8. The van der Waals surface area contributed by atoms with Crippen molar-refractivity contribution < 1.29 is 23.6 Å². The van der Waals surface area contributed by atoms with Crippen LogP contribution in [0.3, 0.4) is 0 Å². The summed E-state index contributed by atoms with van der Waals surface area (Å²) < 4.78 is 32.6. The van der Waals surface area contributed by atoms with Crippen LogP contribution in [0.25, 0.3) is 17.2 Å². The maximum Gasteiger partial charge on any atom is 0.251 e. The van der Waals surface area contributed by atoms with E-state index in [1.807, 2.05) is 54.0 Å². The second-order valence-electron chi connectivity index (χ2n) is 13.6. The first kappa shape index (κ1) is 37.7. The van der Waals surface area contributed by atoms with Crippen molar-refractivity contribution in [2.75, 3.05) is 56.3 Å². The van der Waals surface area contributed by atoms with Gasteiger partial charge in [-0.25, -0.2) is 4.98 Å². The molecule has 1 saturated heterocycles. The fourth-order valence-corrected chi connectivity index (χ4v) is 8.02. The molecule has 276 valence electrons. The van der Waals surface area contributed by atoms with Gasteiger partial charge in [0.25, 0.3) is 5.91 Å². The van der Waals surface area contributed by atoms with Gasteiger partial charge in [0.2, 0.25) is 0 Å². The van der Waals surface area contributed by atoms with Crippen molar-refractivity contribution in [2.45, 2.75) is 70.1 Å². The second kappa shape index (κ2) is 18.6. The molecule has 0 saturated carbocycles. The highest BCUT2D eigenvalue weighted by atomic mass is 32.2. The number of hydrogen-bond donors (Lipinski definition) is 1. The fourth-order valence-electron chi connectivity index (χ4n) is 6.79. The lowest BCUT2D eigenvalue weighted by atomic mass is 9.98. The highest BCUT2D eigenvalue weighted by Gasteiger charge is 2.24. The van der Waals surface area contributed by atoms with Gasteiger partial charge in [0.05, 0.1) is 30.9 Å². The Balaban J connectivity index is 1.16. The van der Waals surface area contributed by atoms with Crippen LogP contribution >= 0.6 is 0 Å². The van der Waals surface area contributed by atoms with E-state index in [0.29, 0.717) is 37.0 Å². The van der Waals surface area contributed by atoms with Crippen molar-refractivity contribution in [3.8, 4) is 16.9 Å². The lowest BCUT2D eigenvalue weighted by molar-refractivity contribution is -0.112. The molecule has 0 spiro atoms. The van der Waals surface area contributed by atoms with Crippen molar-refractivity contribution in [3.05, 3.63) is 95.6 Å². The van der Waals surface area contributed by atoms with Crippen LogP contribution in [0, 0.1) is 12.8 Å². The SMILES string of the molecule is CCCCOCCOc1ccc(-c2ccc3c(c2)C=C(C(=O)Nc2ccc([S+]([O-])Cc4c(C)ncn4CC)cc2)CCN3C[C@H]2CCCOC2)cc1. The number of rotatable bonds is 16. The number of carbonyl (C=O) groups excluding carboxylic acids is 1. The summed E-state index contributed by atoms with van der Waals surface area (Å²) in [5.74, 6) is 1.54. The number of anilines is 2. The normalized spacial score (nSPS) is 16.5. The largest absolute Gasteiger partial charge is 0.611 e. The van der Waals surface area contributed by atoms with Crippen LogP contribution in [0.2, 0.25) is 0 Å². The Morgan fingerprint density at radius 3 is 2.60 bits per heavy atom. The van der Waals surface area contributed by atoms with E-state index in [0.717, 1.165) is 115 Å². The number of aryl methyl sites for hydroxylation is 2. The molecule has 1 unspecified atom stereocenters. The van der Waals surface area contributed by atoms with E-state index < -0.39 is 11.2 Å². The number of carbonyl (C=O) groups is 1. The van der Waals surface area contributed by atoms with Crippen LogP contribution in [0.15, 0.2) is 83.5 Å². The molecule has 0 aliphatic carbocycles. The summed E-state index contributed by atoms with van der Waals surface area (Å²) in [6.07, 6.45) is 8.87. The molecule has 2 aliphatic heterocycles. The Labute approximate surface area is 311 Å². The van der Waals surface area contributed by atoms with E-state index in [4.69, 9.17) is 14.2 Å². The van der Waals surface area contributed by atoms with Crippen LogP contribution in [0.4, 0.5) is 11.4 Å². The van der Waals surface area contributed by atoms with E-state index in [9.17, 15) is 9.35 Å². The molecule has 1 fully saturated rings. The third-order valence-electron chi connectivity index (χ3n) is 9.84. The number of imidazole rings is 1. The predicted molar refractivity (Wildman–Crippen MR) is 209 cm³/mol. The van der Waals surface area contributed by atoms with Crippen molar-refractivity contribution in [1.82, 2.24) is 9.55 Å². The minimum Gasteiger partial charge on any atom is -0.611 e. The molecule has 52 heavy (non-hydrogen) atoms. The zero-order chi connectivity index (χ0) is 36.3. The van der Waals surface area contributed by atoms with E-state index in [-0.39, 0.29) is 5.91 Å². The summed E-state index contributed by atoms with van der Waals surface area (Å²) in [7, 11) is 0. The Morgan fingerprint density at radius 1 is 1.04 bits per heavy atom. The van der Waals surface area contributed by atoms with Gasteiger partial charge >= 0.3 is 0 Å². The monoisotopic (exact) mass is 724 g/mol. The first-order chi connectivity index (χ1) is 25.4. The van der Waals surface area contributed by atoms with Gasteiger partial charge in [-0.1, -0.05) is 31.5 Å². The van der Waals surface area contributed by atoms with Gasteiger partial charge in [-0.15, -0.1) is 0 Å². The summed E-state index contributed by atoms with van der Waals surface area (Å²) in [5.41, 5.74) is 7.59. The quantitative estimate of drug-likeness (QED) is 0.0923. The van der Waals surface area contributed by atoms with Gasteiger partial charge in [-0.2, -0.15) is 0 Å². The Morgan fingerprint density at radius 2 is 1.85 bits per heavy atom. The minimum absolute atomic E-state index is 0.129. The van der Waals surface area contributed by atoms with Crippen LogP contribution in [-0.2, 0) is 37.7 Å². The van der Waals surface area contributed by atoms with Gasteiger partial charge in [-0.05, 0) is 128 Å². The molecular formula is C42H52N4O5S. The highest BCUT2D eigenvalue weighted by molar-refractivity contribution is 7.90. The summed E-state index contributed by atoms with van der Waals surface area (Å²) in [4.78, 5) is 21.3. The number of amides is 1. The smallest absolute Gasteiger partial charge is 0.251 e. The lowest BCUT2D eigenvalue weighted by Gasteiger charge is -2.31. The summed E-state index contributed by atoms with van der Waals surface area (Å²) in [6.45, 7) is 12.0. The van der Waals surface area contributed by atoms with Gasteiger partial charge in [0.15, 0.2) is 10.6 Å². The number of fused-ring (bicyclic) bond motifs is 1. The molecule has 0 radical (unpaired) electrons. The van der Waals surface area contributed by atoms with Crippen molar-refractivity contribution in [2.24, 2.45) is 5.92 Å². The lowest BCUT2D eigenvalue weighted by Crippen LogP contribution is -2.34. The van der Waals surface area contributed by atoms with Crippen molar-refractivity contribution in [1.29, 1.82) is 0 Å². The number of unbranched alkanes of at least 4 members (excludes halogenated alkanes) is 1. The van der Waals surface area contributed by atoms with Crippen molar-refractivity contribution >= 4 is 34.5 Å². The second-order valence-corrected chi connectivity index (χ2v) is 15.0. The molecule has 3 heterocycles. The number of aromatic nitrogens is 2. The molecule has 1 N–H and O–H groups in total. The average molecular weight is 725 g/mol. The van der Waals surface area contributed by atoms with E-state index in [2.05, 4.69) is 59.4 Å². The van der Waals surface area contributed by atoms with E-state index >= 15 is 0 Å².